The number of urea groups is 1. The minimum absolute atomic E-state index is 0.121. The highest BCUT2D eigenvalue weighted by Crippen LogP contribution is 2.35. The smallest absolute Gasteiger partial charge is 0.317 e. The topological polar surface area (TPSA) is 52.6 Å². The second-order valence-corrected chi connectivity index (χ2v) is 7.24. The first-order chi connectivity index (χ1) is 9.52. The lowest BCUT2D eigenvalue weighted by Gasteiger charge is -2.35. The molecule has 0 heterocycles. The Morgan fingerprint density at radius 2 is 1.85 bits per heavy atom. The third-order valence-corrected chi connectivity index (χ3v) is 4.72. The fraction of sp³-hybridized carbons (Fsp3) is 0.938. The molecule has 2 aliphatic rings. The molecule has 2 saturated carbocycles. The van der Waals surface area contributed by atoms with Gasteiger partial charge in [0.15, 0.2) is 0 Å². The summed E-state index contributed by atoms with van der Waals surface area (Å²) in [5.41, 5.74) is 0.443. The Balaban J connectivity index is 1.77. The standard InChI is InChI=1S/C16H30N2O2/c1-16(2)9-7-13(8-10-16)17-15(20)18(14-5-6-14)11-3-4-12-19/h13-14,19H,3-12H2,1-2H3,(H,17,20). The zero-order valence-electron chi connectivity index (χ0n) is 13.0. The van der Waals surface area contributed by atoms with Crippen LogP contribution in [0.25, 0.3) is 0 Å². The summed E-state index contributed by atoms with van der Waals surface area (Å²) in [5.74, 6) is 0. The number of nitrogens with one attached hydrogen (secondary N) is 1. The molecule has 0 saturated heterocycles. The van der Waals surface area contributed by atoms with Crippen LogP contribution < -0.4 is 5.32 Å². The summed E-state index contributed by atoms with van der Waals surface area (Å²) < 4.78 is 0. The largest absolute Gasteiger partial charge is 0.396 e. The van der Waals surface area contributed by atoms with Gasteiger partial charge in [-0.3, -0.25) is 0 Å². The van der Waals surface area contributed by atoms with Gasteiger partial charge in [0.25, 0.3) is 0 Å². The molecule has 0 atom stereocenters. The van der Waals surface area contributed by atoms with Gasteiger partial charge in [-0.2, -0.15) is 0 Å². The van der Waals surface area contributed by atoms with Crippen LogP contribution in [0.1, 0.15) is 65.2 Å². The highest BCUT2D eigenvalue weighted by Gasteiger charge is 2.34. The zero-order chi connectivity index (χ0) is 14.6. The van der Waals surface area contributed by atoms with E-state index >= 15 is 0 Å². The maximum Gasteiger partial charge on any atom is 0.317 e. The number of rotatable bonds is 6. The highest BCUT2D eigenvalue weighted by atomic mass is 16.3. The van der Waals surface area contributed by atoms with Crippen LogP contribution in [0.15, 0.2) is 0 Å². The normalized spacial score (nSPS) is 22.6. The molecule has 4 heteroatoms. The molecule has 0 aromatic carbocycles. The van der Waals surface area contributed by atoms with Crippen LogP contribution in [0.5, 0.6) is 0 Å². The van der Waals surface area contributed by atoms with Crippen molar-refractivity contribution in [3.05, 3.63) is 0 Å². The third-order valence-electron chi connectivity index (χ3n) is 4.72. The molecule has 2 fully saturated rings. The number of aliphatic hydroxyl groups excluding tert-OH is 1. The second kappa shape index (κ2) is 6.79. The van der Waals surface area contributed by atoms with Crippen molar-refractivity contribution in [2.75, 3.05) is 13.2 Å². The van der Waals surface area contributed by atoms with Crippen molar-refractivity contribution in [2.24, 2.45) is 5.41 Å². The first-order valence-corrected chi connectivity index (χ1v) is 8.20. The maximum absolute atomic E-state index is 12.4. The van der Waals surface area contributed by atoms with Crippen LogP contribution in [0.3, 0.4) is 0 Å². The minimum Gasteiger partial charge on any atom is -0.396 e. The molecule has 0 aromatic heterocycles. The summed E-state index contributed by atoms with van der Waals surface area (Å²) in [4.78, 5) is 14.4. The Labute approximate surface area is 122 Å². The first-order valence-electron chi connectivity index (χ1n) is 8.20. The van der Waals surface area contributed by atoms with Gasteiger partial charge >= 0.3 is 6.03 Å². The maximum atomic E-state index is 12.4. The fourth-order valence-electron chi connectivity index (χ4n) is 3.03. The fourth-order valence-corrected chi connectivity index (χ4v) is 3.03. The van der Waals surface area contributed by atoms with Gasteiger partial charge in [0.2, 0.25) is 0 Å². The van der Waals surface area contributed by atoms with Gasteiger partial charge in [0.05, 0.1) is 0 Å². The van der Waals surface area contributed by atoms with Gasteiger partial charge in [-0.15, -0.1) is 0 Å². The van der Waals surface area contributed by atoms with Crippen molar-refractivity contribution in [1.29, 1.82) is 0 Å². The first kappa shape index (κ1) is 15.6. The number of hydrogen-bond donors (Lipinski definition) is 2. The van der Waals surface area contributed by atoms with Gasteiger partial charge < -0.3 is 15.3 Å². The molecule has 2 N–H and O–H groups in total. The number of hydrogen-bond acceptors (Lipinski definition) is 2. The third kappa shape index (κ3) is 4.65. The Hall–Kier alpha value is -0.770. The monoisotopic (exact) mass is 282 g/mol. The van der Waals surface area contributed by atoms with Gasteiger partial charge in [0, 0.05) is 25.2 Å². The Bertz CT molecular complexity index is 316. The summed E-state index contributed by atoms with van der Waals surface area (Å²) in [6, 6.07) is 0.929. The average Bonchev–Trinajstić information content (AvgIpc) is 3.21. The van der Waals surface area contributed by atoms with Crippen LogP contribution in [-0.4, -0.2) is 41.3 Å². The van der Waals surface area contributed by atoms with E-state index in [2.05, 4.69) is 19.2 Å². The predicted molar refractivity (Wildman–Crippen MR) is 80.6 cm³/mol. The van der Waals surface area contributed by atoms with Crippen LogP contribution >= 0.6 is 0 Å². The van der Waals surface area contributed by atoms with Crippen LogP contribution in [0, 0.1) is 5.41 Å². The van der Waals surface area contributed by atoms with E-state index in [9.17, 15) is 4.79 Å². The summed E-state index contributed by atoms with van der Waals surface area (Å²) in [6.07, 6.45) is 8.58. The van der Waals surface area contributed by atoms with Crippen molar-refractivity contribution >= 4 is 6.03 Å². The molecule has 0 bridgehead atoms. The van der Waals surface area contributed by atoms with Gasteiger partial charge in [0.1, 0.15) is 0 Å². The van der Waals surface area contributed by atoms with Gasteiger partial charge in [-0.25, -0.2) is 4.79 Å². The van der Waals surface area contributed by atoms with E-state index in [1.165, 1.54) is 12.8 Å². The minimum atomic E-state index is 0.121. The van der Waals surface area contributed by atoms with E-state index in [1.807, 2.05) is 4.90 Å². The lowest BCUT2D eigenvalue weighted by molar-refractivity contribution is 0.169. The van der Waals surface area contributed by atoms with Crippen LogP contribution in [-0.2, 0) is 0 Å². The molecule has 0 aliphatic heterocycles. The van der Waals surface area contributed by atoms with Gasteiger partial charge in [-0.05, 0) is 56.8 Å². The van der Waals surface area contributed by atoms with E-state index in [0.717, 1.165) is 45.1 Å². The molecular formula is C16H30N2O2. The number of aliphatic hydroxyl groups is 1. The molecule has 2 aliphatic carbocycles. The number of carbonyl (C=O) groups excluding carboxylic acids is 1. The quantitative estimate of drug-likeness (QED) is 0.736. The highest BCUT2D eigenvalue weighted by molar-refractivity contribution is 5.75. The SMILES string of the molecule is CC1(C)CCC(NC(=O)N(CCCCO)C2CC2)CC1. The number of unbranched alkanes of at least 4 members (excludes halogenated alkanes) is 1. The average molecular weight is 282 g/mol. The summed E-state index contributed by atoms with van der Waals surface area (Å²) in [6.45, 7) is 5.64. The van der Waals surface area contributed by atoms with E-state index in [4.69, 9.17) is 5.11 Å². The van der Waals surface area contributed by atoms with Crippen molar-refractivity contribution in [1.82, 2.24) is 10.2 Å². The number of carbonyl (C=O) groups is 1. The molecule has 116 valence electrons. The Kier molecular flexibility index (Phi) is 5.30. The van der Waals surface area contributed by atoms with Crippen molar-refractivity contribution in [3.63, 3.8) is 0 Å². The molecule has 4 nitrogen and oxygen atoms in total. The Morgan fingerprint density at radius 3 is 2.40 bits per heavy atom. The molecule has 0 radical (unpaired) electrons. The lowest BCUT2D eigenvalue weighted by Crippen LogP contribution is -2.47. The summed E-state index contributed by atoms with van der Waals surface area (Å²) >= 11 is 0. The Morgan fingerprint density at radius 1 is 1.20 bits per heavy atom. The zero-order valence-corrected chi connectivity index (χ0v) is 13.0. The molecule has 0 unspecified atom stereocenters. The van der Waals surface area contributed by atoms with Crippen molar-refractivity contribution in [2.45, 2.75) is 77.3 Å². The molecule has 2 rings (SSSR count). The van der Waals surface area contributed by atoms with E-state index in [1.54, 1.807) is 0 Å². The van der Waals surface area contributed by atoms with Crippen LogP contribution in [0.4, 0.5) is 4.79 Å². The van der Waals surface area contributed by atoms with E-state index < -0.39 is 0 Å². The van der Waals surface area contributed by atoms with Crippen molar-refractivity contribution < 1.29 is 9.90 Å². The molecule has 0 spiro atoms. The lowest BCUT2D eigenvalue weighted by atomic mass is 9.75. The predicted octanol–water partition coefficient (Wildman–Crippen LogP) is 2.90. The summed E-state index contributed by atoms with van der Waals surface area (Å²) in [7, 11) is 0. The molecule has 2 amide bonds. The van der Waals surface area contributed by atoms with E-state index in [0.29, 0.717) is 17.5 Å². The number of amides is 2. The summed E-state index contributed by atoms with van der Waals surface area (Å²) in [5, 5.41) is 12.1. The number of nitrogens with zero attached hydrogens (tertiary/aromatic N) is 1. The molecular weight excluding hydrogens is 252 g/mol. The second-order valence-electron chi connectivity index (χ2n) is 7.24. The molecule has 20 heavy (non-hydrogen) atoms. The molecule has 0 aromatic rings. The van der Waals surface area contributed by atoms with Crippen LogP contribution in [0.2, 0.25) is 0 Å². The van der Waals surface area contributed by atoms with Gasteiger partial charge in [-0.1, -0.05) is 13.8 Å². The van der Waals surface area contributed by atoms with E-state index in [-0.39, 0.29) is 12.6 Å². The van der Waals surface area contributed by atoms with Crippen molar-refractivity contribution in [3.8, 4) is 0 Å².